The Balaban J connectivity index is 1.82. The zero-order valence-corrected chi connectivity index (χ0v) is 17.7. The average molecular weight is 402 g/mol. The van der Waals surface area contributed by atoms with Crippen LogP contribution >= 0.6 is 11.3 Å². The van der Waals surface area contributed by atoms with E-state index < -0.39 is 12.1 Å². The van der Waals surface area contributed by atoms with Crippen LogP contribution < -0.4 is 10.1 Å². The van der Waals surface area contributed by atoms with Gasteiger partial charge in [-0.3, -0.25) is 4.79 Å². The number of thiophene rings is 1. The fourth-order valence-electron chi connectivity index (χ4n) is 3.65. The van der Waals surface area contributed by atoms with Crippen molar-refractivity contribution in [1.82, 2.24) is 0 Å². The zero-order valence-electron chi connectivity index (χ0n) is 16.9. The van der Waals surface area contributed by atoms with Gasteiger partial charge in [-0.05, 0) is 74.8 Å². The molecule has 0 radical (unpaired) electrons. The summed E-state index contributed by atoms with van der Waals surface area (Å²) >= 11 is 1.48. The van der Waals surface area contributed by atoms with Crippen molar-refractivity contribution in [3.8, 4) is 5.75 Å². The number of hydrogen-bond donors (Lipinski definition) is 1. The van der Waals surface area contributed by atoms with Crippen molar-refractivity contribution < 1.29 is 19.1 Å². The lowest BCUT2D eigenvalue weighted by Crippen LogP contribution is -2.32. The number of carbonyl (C=O) groups excluding carboxylic acids is 2. The first-order valence-electron chi connectivity index (χ1n) is 9.71. The van der Waals surface area contributed by atoms with Gasteiger partial charge in [-0.15, -0.1) is 11.3 Å². The van der Waals surface area contributed by atoms with Gasteiger partial charge in [-0.1, -0.05) is 13.0 Å². The molecule has 1 aliphatic rings. The minimum atomic E-state index is -0.633. The molecule has 28 heavy (non-hydrogen) atoms. The highest BCUT2D eigenvalue weighted by Gasteiger charge is 2.28. The van der Waals surface area contributed by atoms with Crippen LogP contribution in [-0.4, -0.2) is 25.1 Å². The second-order valence-electron chi connectivity index (χ2n) is 7.23. The number of nitrogens with one attached hydrogen (secondary N) is 1. The summed E-state index contributed by atoms with van der Waals surface area (Å²) in [5.41, 5.74) is 3.71. The van der Waals surface area contributed by atoms with Gasteiger partial charge in [-0.25, -0.2) is 4.79 Å². The number of methoxy groups -OCH3 is 1. The Morgan fingerprint density at radius 1 is 1.14 bits per heavy atom. The van der Waals surface area contributed by atoms with Crippen LogP contribution in [-0.2, 0) is 22.4 Å². The number of carbonyl (C=O) groups is 2. The smallest absolute Gasteiger partial charge is 0.341 e. The Morgan fingerprint density at radius 2 is 1.82 bits per heavy atom. The SMILES string of the molecule is CC[C@H](Oc1cc(C)cc(C)c1)C(=O)Nc1sc2c(c1C(=O)OC)CCCC2. The molecule has 0 spiro atoms. The molecule has 0 fully saturated rings. The third-order valence-electron chi connectivity index (χ3n) is 4.93. The Hall–Kier alpha value is -2.34. The first-order chi connectivity index (χ1) is 13.4. The van der Waals surface area contributed by atoms with Gasteiger partial charge in [0, 0.05) is 4.88 Å². The number of aryl methyl sites for hydroxylation is 3. The van der Waals surface area contributed by atoms with Gasteiger partial charge in [-0.2, -0.15) is 0 Å². The molecule has 150 valence electrons. The van der Waals surface area contributed by atoms with Gasteiger partial charge in [0.2, 0.25) is 0 Å². The Kier molecular flexibility index (Phi) is 6.39. The maximum atomic E-state index is 12.9. The second-order valence-corrected chi connectivity index (χ2v) is 8.34. The number of benzene rings is 1. The molecule has 3 rings (SSSR count). The number of esters is 1. The van der Waals surface area contributed by atoms with E-state index in [1.807, 2.05) is 32.9 Å². The second kappa shape index (κ2) is 8.78. The Morgan fingerprint density at radius 3 is 2.46 bits per heavy atom. The van der Waals surface area contributed by atoms with Gasteiger partial charge < -0.3 is 14.8 Å². The van der Waals surface area contributed by atoms with E-state index in [1.54, 1.807) is 0 Å². The zero-order chi connectivity index (χ0) is 20.3. The lowest BCUT2D eigenvalue weighted by Gasteiger charge is -2.18. The molecule has 1 heterocycles. The molecule has 0 unspecified atom stereocenters. The van der Waals surface area contributed by atoms with Crippen molar-refractivity contribution in [2.24, 2.45) is 0 Å². The van der Waals surface area contributed by atoms with Crippen molar-refractivity contribution in [3.63, 3.8) is 0 Å². The molecule has 0 bridgehead atoms. The van der Waals surface area contributed by atoms with E-state index in [-0.39, 0.29) is 5.91 Å². The molecule has 1 N–H and O–H groups in total. The van der Waals surface area contributed by atoms with E-state index in [1.165, 1.54) is 23.3 Å². The molecule has 1 aromatic heterocycles. The highest BCUT2D eigenvalue weighted by atomic mass is 32.1. The first-order valence-corrected chi connectivity index (χ1v) is 10.5. The van der Waals surface area contributed by atoms with Gasteiger partial charge in [0.05, 0.1) is 12.7 Å². The summed E-state index contributed by atoms with van der Waals surface area (Å²) in [6, 6.07) is 5.91. The fourth-order valence-corrected chi connectivity index (χ4v) is 4.93. The molecule has 0 aliphatic heterocycles. The van der Waals surface area contributed by atoms with Crippen LogP contribution in [0.3, 0.4) is 0 Å². The summed E-state index contributed by atoms with van der Waals surface area (Å²) in [6.45, 7) is 5.91. The van der Waals surface area contributed by atoms with Crippen LogP contribution in [0.4, 0.5) is 5.00 Å². The highest BCUT2D eigenvalue weighted by molar-refractivity contribution is 7.17. The third kappa shape index (κ3) is 4.38. The summed E-state index contributed by atoms with van der Waals surface area (Å²) in [6.07, 6.45) is 3.84. The molecule has 0 saturated heterocycles. The van der Waals surface area contributed by atoms with E-state index >= 15 is 0 Å². The van der Waals surface area contributed by atoms with E-state index in [0.29, 0.717) is 22.7 Å². The van der Waals surface area contributed by atoms with Crippen LogP contribution in [0.15, 0.2) is 18.2 Å². The number of hydrogen-bond acceptors (Lipinski definition) is 5. The number of anilines is 1. The predicted octanol–water partition coefficient (Wildman–Crippen LogP) is 4.83. The number of ether oxygens (including phenoxy) is 2. The van der Waals surface area contributed by atoms with E-state index in [4.69, 9.17) is 9.47 Å². The van der Waals surface area contributed by atoms with Crippen molar-refractivity contribution in [2.45, 2.75) is 59.0 Å². The Labute approximate surface area is 170 Å². The number of amides is 1. The summed E-state index contributed by atoms with van der Waals surface area (Å²) in [5, 5.41) is 3.51. The lowest BCUT2D eigenvalue weighted by molar-refractivity contribution is -0.122. The Bertz CT molecular complexity index is 867. The van der Waals surface area contributed by atoms with E-state index in [2.05, 4.69) is 11.4 Å². The third-order valence-corrected chi connectivity index (χ3v) is 6.14. The van der Waals surface area contributed by atoms with Crippen LogP contribution in [0.1, 0.15) is 58.1 Å². The molecule has 6 heteroatoms. The predicted molar refractivity (Wildman–Crippen MR) is 112 cm³/mol. The van der Waals surface area contributed by atoms with Gasteiger partial charge >= 0.3 is 5.97 Å². The maximum Gasteiger partial charge on any atom is 0.341 e. The molecule has 0 saturated carbocycles. The topological polar surface area (TPSA) is 64.6 Å². The van der Waals surface area contributed by atoms with Crippen LogP contribution in [0.2, 0.25) is 0 Å². The van der Waals surface area contributed by atoms with Crippen molar-refractivity contribution in [1.29, 1.82) is 0 Å². The van der Waals surface area contributed by atoms with Crippen LogP contribution in [0.5, 0.6) is 5.75 Å². The molecule has 5 nitrogen and oxygen atoms in total. The van der Waals surface area contributed by atoms with Gasteiger partial charge in [0.25, 0.3) is 5.91 Å². The molecule has 1 amide bonds. The van der Waals surface area contributed by atoms with Crippen LogP contribution in [0.25, 0.3) is 0 Å². The number of fused-ring (bicyclic) bond motifs is 1. The van der Waals surface area contributed by atoms with Crippen molar-refractivity contribution in [3.05, 3.63) is 45.3 Å². The molecule has 1 aromatic carbocycles. The largest absolute Gasteiger partial charge is 0.481 e. The summed E-state index contributed by atoms with van der Waals surface area (Å²) < 4.78 is 10.9. The quantitative estimate of drug-likeness (QED) is 0.705. The van der Waals surface area contributed by atoms with Gasteiger partial charge in [0.1, 0.15) is 10.8 Å². The summed E-state index contributed by atoms with van der Waals surface area (Å²) in [5.74, 6) is 0.0431. The van der Waals surface area contributed by atoms with Crippen molar-refractivity contribution in [2.75, 3.05) is 12.4 Å². The van der Waals surface area contributed by atoms with E-state index in [0.717, 1.165) is 42.4 Å². The average Bonchev–Trinajstić information content (AvgIpc) is 3.02. The highest BCUT2D eigenvalue weighted by Crippen LogP contribution is 2.38. The lowest BCUT2D eigenvalue weighted by atomic mass is 9.95. The van der Waals surface area contributed by atoms with E-state index in [9.17, 15) is 9.59 Å². The number of rotatable bonds is 6. The first kappa shape index (κ1) is 20.4. The minimum absolute atomic E-state index is 0.245. The summed E-state index contributed by atoms with van der Waals surface area (Å²) in [4.78, 5) is 26.4. The normalized spacial score (nSPS) is 14.1. The maximum absolute atomic E-state index is 12.9. The van der Waals surface area contributed by atoms with Crippen LogP contribution in [0, 0.1) is 13.8 Å². The molecule has 2 aromatic rings. The van der Waals surface area contributed by atoms with Gasteiger partial charge in [0.15, 0.2) is 6.10 Å². The molecular weight excluding hydrogens is 374 g/mol. The molecule has 1 atom stereocenters. The monoisotopic (exact) mass is 401 g/mol. The molecular formula is C22H27NO4S. The summed E-state index contributed by atoms with van der Waals surface area (Å²) in [7, 11) is 1.37. The fraction of sp³-hybridized carbons (Fsp3) is 0.455. The molecule has 1 aliphatic carbocycles. The standard InChI is InChI=1S/C22H27NO4S/c1-5-17(27-15-11-13(2)10-14(3)12-15)20(24)23-21-19(22(25)26-4)16-8-6-7-9-18(16)28-21/h10-12,17H,5-9H2,1-4H3,(H,23,24)/t17-/m0/s1. The van der Waals surface area contributed by atoms with Crippen molar-refractivity contribution >= 4 is 28.2 Å². The minimum Gasteiger partial charge on any atom is -0.481 e.